The van der Waals surface area contributed by atoms with E-state index >= 15 is 0 Å². The standard InChI is InChI=1S/C10H14F2O/c1-9(2,3)7-5-6-8(13-7)10(4,11)12/h5-6H,1-4H3. The quantitative estimate of drug-likeness (QED) is 0.655. The highest BCUT2D eigenvalue weighted by Gasteiger charge is 2.30. The van der Waals surface area contributed by atoms with Gasteiger partial charge in [-0.2, -0.15) is 8.78 Å². The fourth-order valence-electron chi connectivity index (χ4n) is 0.977. The van der Waals surface area contributed by atoms with Gasteiger partial charge < -0.3 is 4.42 Å². The van der Waals surface area contributed by atoms with Crippen LogP contribution in [0.25, 0.3) is 0 Å². The molecular weight excluding hydrogens is 174 g/mol. The predicted octanol–water partition coefficient (Wildman–Crippen LogP) is 3.69. The number of alkyl halides is 2. The van der Waals surface area contributed by atoms with Gasteiger partial charge in [-0.3, -0.25) is 0 Å². The second kappa shape index (κ2) is 2.82. The van der Waals surface area contributed by atoms with Gasteiger partial charge in [0.15, 0.2) is 5.76 Å². The second-order valence-electron chi connectivity index (χ2n) is 4.30. The van der Waals surface area contributed by atoms with Crippen LogP contribution in [0.5, 0.6) is 0 Å². The van der Waals surface area contributed by atoms with E-state index in [-0.39, 0.29) is 11.2 Å². The number of halogens is 2. The molecule has 0 amide bonds. The number of rotatable bonds is 1. The van der Waals surface area contributed by atoms with Gasteiger partial charge in [-0.15, -0.1) is 0 Å². The number of hydrogen-bond donors (Lipinski definition) is 0. The Morgan fingerprint density at radius 1 is 1.00 bits per heavy atom. The minimum atomic E-state index is -2.89. The summed E-state index contributed by atoms with van der Waals surface area (Å²) in [6, 6.07) is 2.94. The van der Waals surface area contributed by atoms with Gasteiger partial charge in [-0.25, -0.2) is 0 Å². The van der Waals surface area contributed by atoms with Crippen molar-refractivity contribution in [1.82, 2.24) is 0 Å². The molecule has 0 aliphatic rings. The SMILES string of the molecule is CC(C)(C)c1ccc(C(C)(F)F)o1. The molecule has 0 aromatic carbocycles. The lowest BCUT2D eigenvalue weighted by Gasteiger charge is -2.14. The summed E-state index contributed by atoms with van der Waals surface area (Å²) < 4.78 is 30.6. The van der Waals surface area contributed by atoms with Crippen molar-refractivity contribution in [2.75, 3.05) is 0 Å². The maximum Gasteiger partial charge on any atom is 0.301 e. The predicted molar refractivity (Wildman–Crippen MR) is 47.0 cm³/mol. The molecule has 0 fully saturated rings. The normalized spacial score (nSPS) is 13.4. The number of hydrogen-bond acceptors (Lipinski definition) is 1. The Morgan fingerprint density at radius 2 is 1.46 bits per heavy atom. The maximum absolute atomic E-state index is 12.8. The summed E-state index contributed by atoms with van der Waals surface area (Å²) in [7, 11) is 0. The molecule has 0 unspecified atom stereocenters. The monoisotopic (exact) mass is 188 g/mol. The fourth-order valence-corrected chi connectivity index (χ4v) is 0.977. The van der Waals surface area contributed by atoms with E-state index in [1.54, 1.807) is 6.07 Å². The van der Waals surface area contributed by atoms with Crippen LogP contribution in [0.4, 0.5) is 8.78 Å². The van der Waals surface area contributed by atoms with E-state index < -0.39 is 5.92 Å². The lowest BCUT2D eigenvalue weighted by Crippen LogP contribution is -2.10. The molecule has 0 aliphatic carbocycles. The van der Waals surface area contributed by atoms with Gasteiger partial charge in [0.25, 0.3) is 0 Å². The first kappa shape index (κ1) is 10.2. The molecule has 1 rings (SSSR count). The lowest BCUT2D eigenvalue weighted by atomic mass is 9.94. The van der Waals surface area contributed by atoms with Crippen LogP contribution in [0.1, 0.15) is 39.2 Å². The van der Waals surface area contributed by atoms with Gasteiger partial charge >= 0.3 is 5.92 Å². The third-order valence-corrected chi connectivity index (χ3v) is 1.78. The van der Waals surface area contributed by atoms with Crippen molar-refractivity contribution in [2.45, 2.75) is 39.0 Å². The van der Waals surface area contributed by atoms with Gasteiger partial charge in [0, 0.05) is 12.3 Å². The zero-order chi connectivity index (χ0) is 10.3. The third-order valence-electron chi connectivity index (χ3n) is 1.78. The molecule has 0 bridgehead atoms. The first-order valence-corrected chi connectivity index (χ1v) is 4.20. The Kier molecular flexibility index (Phi) is 2.22. The van der Waals surface area contributed by atoms with E-state index in [0.29, 0.717) is 5.76 Å². The zero-order valence-corrected chi connectivity index (χ0v) is 8.32. The van der Waals surface area contributed by atoms with Crippen molar-refractivity contribution in [2.24, 2.45) is 0 Å². The molecule has 13 heavy (non-hydrogen) atoms. The van der Waals surface area contributed by atoms with Gasteiger partial charge in [-0.05, 0) is 12.1 Å². The molecule has 1 aromatic rings. The van der Waals surface area contributed by atoms with Gasteiger partial charge in [0.2, 0.25) is 0 Å². The first-order chi connectivity index (χ1) is 5.71. The summed E-state index contributed by atoms with van der Waals surface area (Å²) in [5.41, 5.74) is -0.219. The molecule has 0 atom stereocenters. The van der Waals surface area contributed by atoms with Crippen molar-refractivity contribution < 1.29 is 13.2 Å². The first-order valence-electron chi connectivity index (χ1n) is 4.20. The van der Waals surface area contributed by atoms with Crippen molar-refractivity contribution in [3.05, 3.63) is 23.7 Å². The topological polar surface area (TPSA) is 13.1 Å². The summed E-state index contributed by atoms with van der Waals surface area (Å²) in [5, 5.41) is 0. The van der Waals surface area contributed by atoms with Crippen LogP contribution in [-0.2, 0) is 11.3 Å². The van der Waals surface area contributed by atoms with Gasteiger partial charge in [0.1, 0.15) is 5.76 Å². The summed E-state index contributed by atoms with van der Waals surface area (Å²) >= 11 is 0. The minimum absolute atomic E-state index is 0.219. The van der Waals surface area contributed by atoms with Crippen molar-refractivity contribution in [3.63, 3.8) is 0 Å². The maximum atomic E-state index is 12.8. The van der Waals surface area contributed by atoms with E-state index in [1.807, 2.05) is 20.8 Å². The molecule has 0 saturated carbocycles. The fraction of sp³-hybridized carbons (Fsp3) is 0.600. The lowest BCUT2D eigenvalue weighted by molar-refractivity contribution is -0.00703. The summed E-state index contributed by atoms with van der Waals surface area (Å²) in [5.74, 6) is -2.56. The molecular formula is C10H14F2O. The Hall–Kier alpha value is -0.860. The summed E-state index contributed by atoms with van der Waals surface area (Å²) in [4.78, 5) is 0. The van der Waals surface area contributed by atoms with Crippen molar-refractivity contribution >= 4 is 0 Å². The molecule has 0 saturated heterocycles. The minimum Gasteiger partial charge on any atom is -0.459 e. The van der Waals surface area contributed by atoms with Crippen LogP contribution in [0.2, 0.25) is 0 Å². The van der Waals surface area contributed by atoms with Crippen LogP contribution >= 0.6 is 0 Å². The van der Waals surface area contributed by atoms with E-state index in [2.05, 4.69) is 0 Å². The molecule has 1 heterocycles. The van der Waals surface area contributed by atoms with Crippen LogP contribution in [0, 0.1) is 0 Å². The van der Waals surface area contributed by atoms with E-state index in [9.17, 15) is 8.78 Å². The highest BCUT2D eigenvalue weighted by Crippen LogP contribution is 2.32. The molecule has 1 aromatic heterocycles. The largest absolute Gasteiger partial charge is 0.459 e. The van der Waals surface area contributed by atoms with Gasteiger partial charge in [0.05, 0.1) is 0 Å². The molecule has 74 valence electrons. The van der Waals surface area contributed by atoms with E-state index in [0.717, 1.165) is 6.92 Å². The average molecular weight is 188 g/mol. The Balaban J connectivity index is 3.01. The van der Waals surface area contributed by atoms with Crippen LogP contribution in [0.3, 0.4) is 0 Å². The Labute approximate surface area is 76.7 Å². The molecule has 1 nitrogen and oxygen atoms in total. The Bertz CT molecular complexity index is 260. The average Bonchev–Trinajstić information content (AvgIpc) is 2.28. The zero-order valence-electron chi connectivity index (χ0n) is 8.32. The number of furan rings is 1. The van der Waals surface area contributed by atoms with Crippen molar-refractivity contribution in [3.8, 4) is 0 Å². The smallest absolute Gasteiger partial charge is 0.301 e. The highest BCUT2D eigenvalue weighted by atomic mass is 19.3. The highest BCUT2D eigenvalue weighted by molar-refractivity contribution is 5.16. The van der Waals surface area contributed by atoms with E-state index in [4.69, 9.17) is 4.42 Å². The van der Waals surface area contributed by atoms with Crippen LogP contribution in [-0.4, -0.2) is 0 Å². The summed E-state index contributed by atoms with van der Waals surface area (Å²) in [6.45, 7) is 6.59. The molecule has 3 heteroatoms. The Morgan fingerprint density at radius 3 is 1.69 bits per heavy atom. The molecule has 0 radical (unpaired) electrons. The molecule has 0 N–H and O–H groups in total. The van der Waals surface area contributed by atoms with Crippen LogP contribution in [0.15, 0.2) is 16.5 Å². The second-order valence-corrected chi connectivity index (χ2v) is 4.30. The van der Waals surface area contributed by atoms with Crippen molar-refractivity contribution in [1.29, 1.82) is 0 Å². The van der Waals surface area contributed by atoms with Gasteiger partial charge in [-0.1, -0.05) is 20.8 Å². The van der Waals surface area contributed by atoms with Crippen LogP contribution < -0.4 is 0 Å². The van der Waals surface area contributed by atoms with E-state index in [1.165, 1.54) is 6.07 Å². The summed E-state index contributed by atoms with van der Waals surface area (Å²) in [6.07, 6.45) is 0. The third kappa shape index (κ3) is 2.29. The molecule has 0 aliphatic heterocycles. The molecule has 0 spiro atoms.